The third kappa shape index (κ3) is 4.40. The molecule has 1 heterocycles. The van der Waals surface area contributed by atoms with Crippen molar-refractivity contribution >= 4 is 11.6 Å². The van der Waals surface area contributed by atoms with Crippen LogP contribution in [0.25, 0.3) is 0 Å². The largest absolute Gasteiger partial charge is 0.481 e. The highest BCUT2D eigenvalue weighted by atomic mass is 16.5. The van der Waals surface area contributed by atoms with Gasteiger partial charge in [-0.25, -0.2) is 4.98 Å². The Morgan fingerprint density at radius 1 is 1.59 bits per heavy atom. The smallest absolute Gasteiger partial charge is 0.241 e. The lowest BCUT2D eigenvalue weighted by molar-refractivity contribution is -0.117. The number of hydrogen-bond donors (Lipinski definition) is 2. The predicted molar refractivity (Wildman–Crippen MR) is 66.9 cm³/mol. The Kier molecular flexibility index (Phi) is 5.42. The molecule has 0 spiro atoms. The topological polar surface area (TPSA) is 77.2 Å². The minimum atomic E-state index is -0.461. The number of nitrogens with zero attached hydrogens (tertiary/aromatic N) is 1. The fraction of sp³-hybridized carbons (Fsp3) is 0.500. The van der Waals surface area contributed by atoms with Crippen molar-refractivity contribution in [3.8, 4) is 5.88 Å². The maximum absolute atomic E-state index is 11.7. The average molecular weight is 237 g/mol. The predicted octanol–water partition coefficient (Wildman–Crippen LogP) is 1.55. The zero-order valence-corrected chi connectivity index (χ0v) is 10.3. The number of hydrogen-bond acceptors (Lipinski definition) is 4. The molecule has 1 aromatic rings. The molecule has 1 aromatic heterocycles. The molecule has 0 aliphatic carbocycles. The van der Waals surface area contributed by atoms with Gasteiger partial charge in [-0.1, -0.05) is 19.8 Å². The molecule has 0 aliphatic rings. The summed E-state index contributed by atoms with van der Waals surface area (Å²) < 4.78 is 4.93. The summed E-state index contributed by atoms with van der Waals surface area (Å²) in [5, 5.41) is 2.72. The Balaban J connectivity index is 2.49. The minimum absolute atomic E-state index is 0.176. The molecule has 0 radical (unpaired) electrons. The minimum Gasteiger partial charge on any atom is -0.481 e. The van der Waals surface area contributed by atoms with Gasteiger partial charge in [0.2, 0.25) is 11.8 Å². The van der Waals surface area contributed by atoms with Crippen LogP contribution in [-0.2, 0) is 4.79 Å². The van der Waals surface area contributed by atoms with Crippen LogP contribution in [0.1, 0.15) is 26.2 Å². The quantitative estimate of drug-likeness (QED) is 0.787. The van der Waals surface area contributed by atoms with E-state index in [0.717, 1.165) is 12.8 Å². The third-order valence-electron chi connectivity index (χ3n) is 2.42. The van der Waals surface area contributed by atoms with Crippen LogP contribution in [0.2, 0.25) is 0 Å². The molecule has 0 fully saturated rings. The van der Waals surface area contributed by atoms with E-state index in [4.69, 9.17) is 10.5 Å². The second-order valence-electron chi connectivity index (χ2n) is 3.83. The molecule has 1 rings (SSSR count). The van der Waals surface area contributed by atoms with E-state index in [1.165, 1.54) is 0 Å². The number of nitrogens with two attached hydrogens (primary N) is 1. The summed E-state index contributed by atoms with van der Waals surface area (Å²) in [7, 11) is 1.54. The van der Waals surface area contributed by atoms with Gasteiger partial charge >= 0.3 is 0 Å². The van der Waals surface area contributed by atoms with Crippen LogP contribution in [0, 0.1) is 0 Å². The molecule has 94 valence electrons. The molecule has 17 heavy (non-hydrogen) atoms. The maximum Gasteiger partial charge on any atom is 0.241 e. The number of pyridine rings is 1. The van der Waals surface area contributed by atoms with Crippen molar-refractivity contribution in [2.75, 3.05) is 12.4 Å². The molecule has 1 unspecified atom stereocenters. The van der Waals surface area contributed by atoms with Crippen molar-refractivity contribution in [2.24, 2.45) is 5.73 Å². The zero-order chi connectivity index (χ0) is 12.7. The Hall–Kier alpha value is -1.62. The molecule has 0 saturated carbocycles. The van der Waals surface area contributed by atoms with Crippen molar-refractivity contribution in [1.29, 1.82) is 0 Å². The van der Waals surface area contributed by atoms with Crippen molar-refractivity contribution in [1.82, 2.24) is 4.98 Å². The molecule has 0 aliphatic heterocycles. The molecule has 0 aromatic carbocycles. The number of anilines is 1. The zero-order valence-electron chi connectivity index (χ0n) is 10.3. The SMILES string of the molecule is CCCCC(N)C(=O)Nc1ccc(OC)nc1. The molecule has 3 N–H and O–H groups in total. The van der Waals surface area contributed by atoms with Gasteiger partial charge in [-0.2, -0.15) is 0 Å². The number of carbonyl (C=O) groups excluding carboxylic acids is 1. The van der Waals surface area contributed by atoms with E-state index in [2.05, 4.69) is 17.2 Å². The molecular weight excluding hydrogens is 218 g/mol. The maximum atomic E-state index is 11.7. The first-order valence-electron chi connectivity index (χ1n) is 5.74. The average Bonchev–Trinajstić information content (AvgIpc) is 2.36. The molecule has 0 saturated heterocycles. The van der Waals surface area contributed by atoms with Crippen LogP contribution in [-0.4, -0.2) is 24.0 Å². The van der Waals surface area contributed by atoms with Gasteiger partial charge < -0.3 is 15.8 Å². The lowest BCUT2D eigenvalue weighted by Gasteiger charge is -2.11. The van der Waals surface area contributed by atoms with E-state index in [9.17, 15) is 4.79 Å². The van der Waals surface area contributed by atoms with E-state index in [1.54, 1.807) is 25.4 Å². The number of nitrogens with one attached hydrogen (secondary N) is 1. The number of methoxy groups -OCH3 is 1. The number of rotatable bonds is 6. The fourth-order valence-corrected chi connectivity index (χ4v) is 1.37. The van der Waals surface area contributed by atoms with Gasteiger partial charge in [0.25, 0.3) is 0 Å². The van der Waals surface area contributed by atoms with E-state index < -0.39 is 6.04 Å². The molecule has 5 nitrogen and oxygen atoms in total. The Labute approximate surface area is 101 Å². The first-order chi connectivity index (χ1) is 8.17. The Bertz CT molecular complexity index is 351. The number of carbonyl (C=O) groups is 1. The van der Waals surface area contributed by atoms with Crippen LogP contribution >= 0.6 is 0 Å². The van der Waals surface area contributed by atoms with E-state index in [-0.39, 0.29) is 5.91 Å². The first-order valence-corrected chi connectivity index (χ1v) is 5.74. The fourth-order valence-electron chi connectivity index (χ4n) is 1.37. The third-order valence-corrected chi connectivity index (χ3v) is 2.42. The van der Waals surface area contributed by atoms with Crippen LogP contribution in [0.3, 0.4) is 0 Å². The summed E-state index contributed by atoms with van der Waals surface area (Å²) in [5.41, 5.74) is 6.38. The van der Waals surface area contributed by atoms with Crippen LogP contribution in [0.4, 0.5) is 5.69 Å². The lowest BCUT2D eigenvalue weighted by atomic mass is 10.1. The van der Waals surface area contributed by atoms with Gasteiger partial charge in [0.1, 0.15) is 0 Å². The van der Waals surface area contributed by atoms with Gasteiger partial charge in [0.05, 0.1) is 25.0 Å². The number of ether oxygens (including phenoxy) is 1. The molecule has 0 bridgehead atoms. The molecule has 1 atom stereocenters. The van der Waals surface area contributed by atoms with Crippen LogP contribution in [0.15, 0.2) is 18.3 Å². The number of unbranched alkanes of at least 4 members (excludes halogenated alkanes) is 1. The summed E-state index contributed by atoms with van der Waals surface area (Å²) in [4.78, 5) is 15.7. The van der Waals surface area contributed by atoms with Gasteiger partial charge in [-0.15, -0.1) is 0 Å². The van der Waals surface area contributed by atoms with E-state index in [1.807, 2.05) is 0 Å². The molecule has 1 amide bonds. The standard InChI is InChI=1S/C12H19N3O2/c1-3-4-5-10(13)12(16)15-9-6-7-11(17-2)14-8-9/h6-8,10H,3-5,13H2,1-2H3,(H,15,16). The van der Waals surface area contributed by atoms with Crippen LogP contribution in [0.5, 0.6) is 5.88 Å². The summed E-state index contributed by atoms with van der Waals surface area (Å²) in [5.74, 6) is 0.337. The molecular formula is C12H19N3O2. The summed E-state index contributed by atoms with van der Waals surface area (Å²) in [6.07, 6.45) is 4.23. The summed E-state index contributed by atoms with van der Waals surface area (Å²) in [6.45, 7) is 2.07. The van der Waals surface area contributed by atoms with Gasteiger partial charge in [0.15, 0.2) is 0 Å². The van der Waals surface area contributed by atoms with Gasteiger partial charge in [-0.05, 0) is 12.5 Å². The van der Waals surface area contributed by atoms with Crippen molar-refractivity contribution in [2.45, 2.75) is 32.2 Å². The highest BCUT2D eigenvalue weighted by Gasteiger charge is 2.12. The first kappa shape index (κ1) is 13.4. The normalized spacial score (nSPS) is 11.9. The summed E-state index contributed by atoms with van der Waals surface area (Å²) >= 11 is 0. The van der Waals surface area contributed by atoms with E-state index >= 15 is 0 Å². The highest BCUT2D eigenvalue weighted by molar-refractivity contribution is 5.94. The van der Waals surface area contributed by atoms with Crippen molar-refractivity contribution < 1.29 is 9.53 Å². The second-order valence-corrected chi connectivity index (χ2v) is 3.83. The van der Waals surface area contributed by atoms with Gasteiger partial charge in [0, 0.05) is 6.07 Å². The van der Waals surface area contributed by atoms with Crippen LogP contribution < -0.4 is 15.8 Å². The second kappa shape index (κ2) is 6.85. The van der Waals surface area contributed by atoms with Crippen molar-refractivity contribution in [3.63, 3.8) is 0 Å². The number of aromatic nitrogens is 1. The lowest BCUT2D eigenvalue weighted by Crippen LogP contribution is -2.35. The highest BCUT2D eigenvalue weighted by Crippen LogP contribution is 2.11. The monoisotopic (exact) mass is 237 g/mol. The van der Waals surface area contributed by atoms with E-state index in [0.29, 0.717) is 18.0 Å². The molecule has 5 heteroatoms. The Morgan fingerprint density at radius 2 is 2.35 bits per heavy atom. The van der Waals surface area contributed by atoms with Crippen molar-refractivity contribution in [3.05, 3.63) is 18.3 Å². The number of amides is 1. The van der Waals surface area contributed by atoms with Gasteiger partial charge in [-0.3, -0.25) is 4.79 Å². The Morgan fingerprint density at radius 3 is 2.88 bits per heavy atom. The summed E-state index contributed by atoms with van der Waals surface area (Å²) in [6, 6.07) is 2.96.